The summed E-state index contributed by atoms with van der Waals surface area (Å²) >= 11 is 7.30. The van der Waals surface area contributed by atoms with Crippen molar-refractivity contribution in [3.63, 3.8) is 0 Å². The van der Waals surface area contributed by atoms with E-state index in [-0.39, 0.29) is 12.0 Å². The minimum absolute atomic E-state index is 0.0107. The first-order valence-corrected chi connectivity index (χ1v) is 9.57. The number of thiophene rings is 1. The molecule has 1 heterocycles. The number of hydrogen-bond donors (Lipinski definition) is 1. The van der Waals surface area contributed by atoms with Gasteiger partial charge < -0.3 is 0 Å². The van der Waals surface area contributed by atoms with Gasteiger partial charge in [0.05, 0.1) is 0 Å². The fourth-order valence-corrected chi connectivity index (χ4v) is 5.52. The highest BCUT2D eigenvalue weighted by Crippen LogP contribution is 2.28. The van der Waals surface area contributed by atoms with E-state index in [4.69, 9.17) is 11.6 Å². The van der Waals surface area contributed by atoms with Gasteiger partial charge in [0.2, 0.25) is 10.0 Å². The van der Waals surface area contributed by atoms with E-state index in [0.717, 1.165) is 37.0 Å². The van der Waals surface area contributed by atoms with Crippen molar-refractivity contribution in [3.05, 3.63) is 17.0 Å². The van der Waals surface area contributed by atoms with Crippen LogP contribution in [0.15, 0.2) is 16.3 Å². The summed E-state index contributed by atoms with van der Waals surface area (Å²) in [5.41, 5.74) is 0. The third-order valence-electron chi connectivity index (χ3n) is 3.66. The van der Waals surface area contributed by atoms with Crippen LogP contribution in [0.1, 0.15) is 37.5 Å². The Bertz CT molecular complexity index is 512. The van der Waals surface area contributed by atoms with Gasteiger partial charge in [-0.1, -0.05) is 19.8 Å². The molecule has 0 spiro atoms. The van der Waals surface area contributed by atoms with Crippen LogP contribution in [0.25, 0.3) is 0 Å². The Kier molecular flexibility index (Phi) is 5.29. The number of nitrogens with one attached hydrogen (secondary N) is 1. The molecule has 0 saturated heterocycles. The molecule has 0 radical (unpaired) electrons. The molecule has 1 fully saturated rings. The Morgan fingerprint density at radius 2 is 2.11 bits per heavy atom. The van der Waals surface area contributed by atoms with Gasteiger partial charge in [-0.15, -0.1) is 22.9 Å². The van der Waals surface area contributed by atoms with E-state index < -0.39 is 10.0 Å². The van der Waals surface area contributed by atoms with Crippen molar-refractivity contribution in [3.8, 4) is 0 Å². The molecule has 0 aromatic carbocycles. The van der Waals surface area contributed by atoms with E-state index in [2.05, 4.69) is 4.72 Å². The summed E-state index contributed by atoms with van der Waals surface area (Å²) in [6.07, 6.45) is 5.00. The average molecular weight is 322 g/mol. The first-order chi connectivity index (χ1) is 9.06. The van der Waals surface area contributed by atoms with Crippen LogP contribution in [0.4, 0.5) is 0 Å². The van der Waals surface area contributed by atoms with Gasteiger partial charge in [-0.3, -0.25) is 0 Å². The third kappa shape index (κ3) is 3.72. The fourth-order valence-electron chi connectivity index (χ4n) is 2.50. The molecule has 108 valence electrons. The van der Waals surface area contributed by atoms with Crippen LogP contribution in [-0.4, -0.2) is 20.3 Å². The third-order valence-corrected chi connectivity index (χ3v) is 7.27. The summed E-state index contributed by atoms with van der Waals surface area (Å²) in [5, 5.41) is 0. The van der Waals surface area contributed by atoms with Crippen molar-refractivity contribution in [2.24, 2.45) is 5.92 Å². The van der Waals surface area contributed by atoms with Crippen molar-refractivity contribution in [2.75, 3.05) is 5.88 Å². The van der Waals surface area contributed by atoms with Gasteiger partial charge in [-0.25, -0.2) is 13.1 Å². The van der Waals surface area contributed by atoms with Gasteiger partial charge in [0, 0.05) is 16.8 Å². The molecule has 0 bridgehead atoms. The lowest BCUT2D eigenvalue weighted by molar-refractivity contribution is 0.314. The van der Waals surface area contributed by atoms with Crippen molar-refractivity contribution >= 4 is 33.0 Å². The van der Waals surface area contributed by atoms with Crippen LogP contribution in [0.2, 0.25) is 0 Å². The molecule has 1 aromatic heterocycles. The zero-order valence-corrected chi connectivity index (χ0v) is 13.5. The van der Waals surface area contributed by atoms with E-state index in [9.17, 15) is 8.42 Å². The molecule has 3 nitrogen and oxygen atoms in total. The highest BCUT2D eigenvalue weighted by molar-refractivity contribution is 7.91. The monoisotopic (exact) mass is 321 g/mol. The van der Waals surface area contributed by atoms with E-state index in [1.165, 1.54) is 11.3 Å². The first kappa shape index (κ1) is 15.3. The van der Waals surface area contributed by atoms with E-state index in [1.54, 1.807) is 6.07 Å². The van der Waals surface area contributed by atoms with E-state index in [1.807, 2.05) is 13.0 Å². The molecule has 19 heavy (non-hydrogen) atoms. The summed E-state index contributed by atoms with van der Waals surface area (Å²) in [6.45, 7) is 2.03. The van der Waals surface area contributed by atoms with E-state index >= 15 is 0 Å². The Morgan fingerprint density at radius 1 is 1.37 bits per heavy atom. The van der Waals surface area contributed by atoms with Gasteiger partial charge >= 0.3 is 0 Å². The number of hydrogen-bond acceptors (Lipinski definition) is 3. The Morgan fingerprint density at radius 3 is 2.74 bits per heavy atom. The summed E-state index contributed by atoms with van der Waals surface area (Å²) in [5.74, 6) is 0.786. The molecule has 6 heteroatoms. The SMILES string of the molecule is CCc1ccc(S(=O)(=O)NC2CCCCC2CCl)s1. The standard InChI is InChI=1S/C13H20ClNO2S2/c1-2-11-7-8-13(18-11)19(16,17)15-12-6-4-3-5-10(12)9-14/h7-8,10,12,15H,2-6,9H2,1H3. The second-order valence-corrected chi connectivity index (χ2v) is 8.42. The molecule has 1 N–H and O–H groups in total. The lowest BCUT2D eigenvalue weighted by Crippen LogP contribution is -2.42. The van der Waals surface area contributed by atoms with Gasteiger partial charge in [0.25, 0.3) is 0 Å². The second-order valence-electron chi connectivity index (χ2n) is 5.00. The Hall–Kier alpha value is -0.100. The van der Waals surface area contributed by atoms with Crippen molar-refractivity contribution < 1.29 is 8.42 Å². The van der Waals surface area contributed by atoms with Gasteiger partial charge in [-0.05, 0) is 37.3 Å². The van der Waals surface area contributed by atoms with Crippen molar-refractivity contribution in [1.29, 1.82) is 0 Å². The summed E-state index contributed by atoms with van der Waals surface area (Å²) in [4.78, 5) is 1.10. The summed E-state index contributed by atoms with van der Waals surface area (Å²) in [6, 6.07) is 3.58. The molecule has 2 rings (SSSR count). The first-order valence-electron chi connectivity index (χ1n) is 6.74. The highest BCUT2D eigenvalue weighted by atomic mass is 35.5. The van der Waals surface area contributed by atoms with Gasteiger partial charge in [0.1, 0.15) is 4.21 Å². The fraction of sp³-hybridized carbons (Fsp3) is 0.692. The van der Waals surface area contributed by atoms with Crippen LogP contribution in [0, 0.1) is 5.92 Å². The number of halogens is 1. The molecular formula is C13H20ClNO2S2. The zero-order valence-electron chi connectivity index (χ0n) is 11.1. The Balaban J connectivity index is 2.11. The molecule has 1 saturated carbocycles. The minimum atomic E-state index is -3.38. The van der Waals surface area contributed by atoms with Crippen LogP contribution >= 0.6 is 22.9 Å². The smallest absolute Gasteiger partial charge is 0.207 e. The predicted molar refractivity (Wildman–Crippen MR) is 80.5 cm³/mol. The zero-order chi connectivity index (χ0) is 13.9. The molecular weight excluding hydrogens is 302 g/mol. The number of rotatable bonds is 5. The van der Waals surface area contributed by atoms with E-state index in [0.29, 0.717) is 10.1 Å². The van der Waals surface area contributed by atoms with Gasteiger partial charge in [0.15, 0.2) is 0 Å². The van der Waals surface area contributed by atoms with Crippen LogP contribution in [0.3, 0.4) is 0 Å². The lowest BCUT2D eigenvalue weighted by Gasteiger charge is -2.30. The molecule has 1 aliphatic rings. The number of alkyl halides is 1. The largest absolute Gasteiger partial charge is 0.250 e. The predicted octanol–water partition coefficient (Wildman–Crippen LogP) is 3.39. The van der Waals surface area contributed by atoms with Crippen molar-refractivity contribution in [2.45, 2.75) is 49.3 Å². The quantitative estimate of drug-likeness (QED) is 0.845. The molecule has 0 amide bonds. The molecule has 2 unspecified atom stereocenters. The second kappa shape index (κ2) is 6.57. The van der Waals surface area contributed by atoms with Crippen LogP contribution < -0.4 is 4.72 Å². The number of aryl methyl sites for hydroxylation is 1. The lowest BCUT2D eigenvalue weighted by atomic mass is 9.86. The average Bonchev–Trinajstić information content (AvgIpc) is 2.88. The summed E-state index contributed by atoms with van der Waals surface area (Å²) in [7, 11) is -3.38. The molecule has 2 atom stereocenters. The Labute approximate surface area is 124 Å². The normalized spacial score (nSPS) is 24.5. The molecule has 1 aromatic rings. The van der Waals surface area contributed by atoms with Crippen LogP contribution in [0.5, 0.6) is 0 Å². The topological polar surface area (TPSA) is 46.2 Å². The molecule has 0 aliphatic heterocycles. The highest BCUT2D eigenvalue weighted by Gasteiger charge is 2.29. The van der Waals surface area contributed by atoms with Crippen molar-refractivity contribution in [1.82, 2.24) is 4.72 Å². The van der Waals surface area contributed by atoms with Crippen LogP contribution in [-0.2, 0) is 16.4 Å². The maximum absolute atomic E-state index is 12.3. The minimum Gasteiger partial charge on any atom is -0.207 e. The maximum atomic E-state index is 12.3. The number of sulfonamides is 1. The maximum Gasteiger partial charge on any atom is 0.250 e. The molecule has 1 aliphatic carbocycles. The van der Waals surface area contributed by atoms with Gasteiger partial charge in [-0.2, -0.15) is 0 Å². The summed E-state index contributed by atoms with van der Waals surface area (Å²) < 4.78 is 28.0.